The van der Waals surface area contributed by atoms with Gasteiger partial charge >= 0.3 is 6.03 Å². The van der Waals surface area contributed by atoms with Crippen LogP contribution < -0.4 is 15.5 Å². The van der Waals surface area contributed by atoms with E-state index in [0.717, 1.165) is 17.7 Å². The van der Waals surface area contributed by atoms with Crippen LogP contribution in [0.15, 0.2) is 24.4 Å². The molecule has 2 aliphatic heterocycles. The van der Waals surface area contributed by atoms with Crippen LogP contribution in [0.4, 0.5) is 15.6 Å². The lowest BCUT2D eigenvalue weighted by Gasteiger charge is -2.25. The molecule has 1 aromatic carbocycles. The Morgan fingerprint density at radius 3 is 2.69 bits per heavy atom. The summed E-state index contributed by atoms with van der Waals surface area (Å²) in [6.07, 6.45) is 2.21. The molecule has 3 heterocycles. The van der Waals surface area contributed by atoms with Gasteiger partial charge in [0.1, 0.15) is 4.34 Å². The predicted octanol–water partition coefficient (Wildman–Crippen LogP) is 2.70. The highest BCUT2D eigenvalue weighted by Crippen LogP contribution is 2.47. The molecule has 1 saturated heterocycles. The highest BCUT2D eigenvalue weighted by molar-refractivity contribution is 7.19. The van der Waals surface area contributed by atoms with Gasteiger partial charge in [-0.15, -0.1) is 0 Å². The maximum Gasteiger partial charge on any atom is 0.328 e. The Kier molecular flexibility index (Phi) is 4.95. The first-order valence-electron chi connectivity index (χ1n) is 9.15. The van der Waals surface area contributed by atoms with Gasteiger partial charge < -0.3 is 10.2 Å². The smallest absolute Gasteiger partial charge is 0.328 e. The number of rotatable bonds is 2. The lowest BCUT2D eigenvalue weighted by Crippen LogP contribution is -2.41. The third-order valence-corrected chi connectivity index (χ3v) is 6.57. The van der Waals surface area contributed by atoms with Gasteiger partial charge in [-0.05, 0) is 30.2 Å². The molecule has 2 N–H and O–H groups in total. The van der Waals surface area contributed by atoms with E-state index in [9.17, 15) is 14.4 Å². The van der Waals surface area contributed by atoms with E-state index < -0.39 is 5.41 Å². The fraction of sp³-hybridized carbons (Fsp3) is 0.368. The molecular weight excluding hydrogens is 414 g/mol. The number of anilines is 2. The summed E-state index contributed by atoms with van der Waals surface area (Å²) >= 11 is 7.09. The summed E-state index contributed by atoms with van der Waals surface area (Å²) in [5, 5.41) is 5.83. The van der Waals surface area contributed by atoms with Gasteiger partial charge in [-0.3, -0.25) is 19.8 Å². The van der Waals surface area contributed by atoms with E-state index in [4.69, 9.17) is 11.6 Å². The lowest BCUT2D eigenvalue weighted by molar-refractivity contribution is -0.127. The number of nitrogens with zero attached hydrogens (tertiary/aromatic N) is 3. The molecule has 2 aromatic rings. The predicted molar refractivity (Wildman–Crippen MR) is 112 cm³/mol. The Hall–Kier alpha value is -2.65. The summed E-state index contributed by atoms with van der Waals surface area (Å²) in [5.74, 6) is -0.184. The number of nitrogens with one attached hydrogen (secondary N) is 2. The van der Waals surface area contributed by atoms with E-state index in [1.807, 2.05) is 6.07 Å². The van der Waals surface area contributed by atoms with Gasteiger partial charge in [0.15, 0.2) is 5.13 Å². The van der Waals surface area contributed by atoms with Crippen LogP contribution in [0.2, 0.25) is 4.34 Å². The maximum absolute atomic E-state index is 13.0. The van der Waals surface area contributed by atoms with E-state index in [1.54, 1.807) is 35.9 Å². The van der Waals surface area contributed by atoms with Crippen molar-refractivity contribution in [2.24, 2.45) is 0 Å². The van der Waals surface area contributed by atoms with Crippen molar-refractivity contribution in [1.82, 2.24) is 15.2 Å². The quantitative estimate of drug-likeness (QED) is 0.761. The number of thiazole rings is 1. The Morgan fingerprint density at radius 2 is 2.07 bits per heavy atom. The number of urea groups is 1. The average Bonchev–Trinajstić information content (AvgIpc) is 3.40. The second-order valence-corrected chi connectivity index (χ2v) is 8.93. The van der Waals surface area contributed by atoms with E-state index in [-0.39, 0.29) is 17.8 Å². The number of carbonyl (C=O) groups excluding carboxylic acids is 3. The number of hydrogen-bond acceptors (Lipinski definition) is 5. The zero-order chi connectivity index (χ0) is 20.8. The third-order valence-electron chi connectivity index (χ3n) is 5.54. The van der Waals surface area contributed by atoms with Crippen molar-refractivity contribution in [1.29, 1.82) is 0 Å². The molecule has 0 saturated carbocycles. The molecule has 4 amide bonds. The number of likely N-dealkylation sites (tertiary alicyclic amines) is 1. The molecule has 1 fully saturated rings. The van der Waals surface area contributed by atoms with Crippen LogP contribution >= 0.6 is 22.9 Å². The first-order valence-corrected chi connectivity index (χ1v) is 10.3. The van der Waals surface area contributed by atoms with E-state index in [0.29, 0.717) is 34.7 Å². The number of amides is 4. The number of halogens is 1. The number of carbonyl (C=O) groups is 3. The molecule has 1 aromatic heterocycles. The summed E-state index contributed by atoms with van der Waals surface area (Å²) in [7, 11) is 1.58. The molecular formula is C19H20ClN5O3S. The normalized spacial score (nSPS) is 20.1. The lowest BCUT2D eigenvalue weighted by atomic mass is 9.81. The van der Waals surface area contributed by atoms with Gasteiger partial charge in [-0.25, -0.2) is 9.78 Å². The Bertz CT molecular complexity index is 1010. The number of aromatic nitrogens is 1. The third kappa shape index (κ3) is 3.44. The Morgan fingerprint density at radius 1 is 1.28 bits per heavy atom. The number of benzene rings is 1. The van der Waals surface area contributed by atoms with Crippen molar-refractivity contribution in [2.45, 2.75) is 18.8 Å². The molecule has 152 valence electrons. The molecule has 2 aliphatic rings. The number of hydrogen-bond donors (Lipinski definition) is 2. The molecule has 0 aliphatic carbocycles. The van der Waals surface area contributed by atoms with Gasteiger partial charge in [0.25, 0.3) is 5.91 Å². The van der Waals surface area contributed by atoms with Crippen LogP contribution in [0.1, 0.15) is 29.3 Å². The van der Waals surface area contributed by atoms with Gasteiger partial charge in [-0.1, -0.05) is 22.9 Å². The molecule has 8 nitrogen and oxygen atoms in total. The largest absolute Gasteiger partial charge is 0.355 e. The van der Waals surface area contributed by atoms with Gasteiger partial charge in [0.2, 0.25) is 5.91 Å². The molecule has 1 unspecified atom stereocenters. The minimum Gasteiger partial charge on any atom is -0.355 e. The highest BCUT2D eigenvalue weighted by Gasteiger charge is 2.49. The average molecular weight is 434 g/mol. The Labute approximate surface area is 176 Å². The fourth-order valence-corrected chi connectivity index (χ4v) is 4.90. The van der Waals surface area contributed by atoms with Crippen LogP contribution in [0.5, 0.6) is 0 Å². The Balaban J connectivity index is 1.70. The van der Waals surface area contributed by atoms with Crippen molar-refractivity contribution < 1.29 is 14.4 Å². The molecule has 10 heteroatoms. The minimum atomic E-state index is -0.400. The fourth-order valence-electron chi connectivity index (χ4n) is 4.10. The van der Waals surface area contributed by atoms with Crippen LogP contribution in [0.3, 0.4) is 0 Å². The molecule has 1 spiro atoms. The summed E-state index contributed by atoms with van der Waals surface area (Å²) in [4.78, 5) is 44.6. The number of fused-ring (bicyclic) bond motifs is 2. The maximum atomic E-state index is 13.0. The SMILES string of the molecule is CNC(=O)c1ccc2c(c1)C1(CCN(C(C)=O)C1)CN2C(=O)Nc1ncc(Cl)s1. The standard InChI is InChI=1S/C19H20ClN5O3S/c1-11(26)24-6-5-19(9-24)10-25(18(28)23-17-22-8-15(20)29-17)14-4-3-12(7-13(14)19)16(27)21-2/h3-4,7-8H,5-6,9-10H2,1-2H3,(H,21,27)(H,22,23,28). The van der Waals surface area contributed by atoms with Gasteiger partial charge in [-0.2, -0.15) is 0 Å². The molecule has 29 heavy (non-hydrogen) atoms. The van der Waals surface area contributed by atoms with Gasteiger partial charge in [0, 0.05) is 50.3 Å². The van der Waals surface area contributed by atoms with Gasteiger partial charge in [0.05, 0.1) is 6.20 Å². The topological polar surface area (TPSA) is 94.6 Å². The van der Waals surface area contributed by atoms with Crippen LogP contribution in [-0.4, -0.2) is 54.4 Å². The van der Waals surface area contributed by atoms with E-state index >= 15 is 0 Å². The first kappa shape index (κ1) is 19.7. The van der Waals surface area contributed by atoms with Crippen LogP contribution in [0, 0.1) is 0 Å². The molecule has 4 rings (SSSR count). The molecule has 0 radical (unpaired) electrons. The van der Waals surface area contributed by atoms with Crippen molar-refractivity contribution >= 4 is 51.6 Å². The first-order chi connectivity index (χ1) is 13.8. The summed E-state index contributed by atoms with van der Waals surface area (Å²) in [6.45, 7) is 3.11. The summed E-state index contributed by atoms with van der Waals surface area (Å²) in [6, 6.07) is 5.02. The summed E-state index contributed by atoms with van der Waals surface area (Å²) in [5.41, 5.74) is 1.78. The van der Waals surface area contributed by atoms with E-state index in [2.05, 4.69) is 15.6 Å². The zero-order valence-corrected chi connectivity index (χ0v) is 17.6. The minimum absolute atomic E-state index is 0.00575. The van der Waals surface area contributed by atoms with Crippen molar-refractivity contribution in [3.63, 3.8) is 0 Å². The monoisotopic (exact) mass is 433 g/mol. The van der Waals surface area contributed by atoms with Crippen LogP contribution in [0.25, 0.3) is 0 Å². The molecule has 0 bridgehead atoms. The highest BCUT2D eigenvalue weighted by atomic mass is 35.5. The zero-order valence-electron chi connectivity index (χ0n) is 16.0. The van der Waals surface area contributed by atoms with Crippen LogP contribution in [-0.2, 0) is 10.2 Å². The second-order valence-electron chi connectivity index (χ2n) is 7.27. The van der Waals surface area contributed by atoms with Crippen molar-refractivity contribution in [3.8, 4) is 0 Å². The second kappa shape index (κ2) is 7.31. The van der Waals surface area contributed by atoms with Crippen molar-refractivity contribution in [3.05, 3.63) is 39.9 Å². The van der Waals surface area contributed by atoms with E-state index in [1.165, 1.54) is 17.5 Å². The summed E-state index contributed by atoms with van der Waals surface area (Å²) < 4.78 is 0.488. The molecule has 1 atom stereocenters. The van der Waals surface area contributed by atoms with Crippen molar-refractivity contribution in [2.75, 3.05) is 36.9 Å².